The summed E-state index contributed by atoms with van der Waals surface area (Å²) >= 11 is 6.40. The highest BCUT2D eigenvalue weighted by molar-refractivity contribution is 6.31. The van der Waals surface area contributed by atoms with Crippen molar-refractivity contribution in [2.75, 3.05) is 19.6 Å². The van der Waals surface area contributed by atoms with Crippen LogP contribution in [-0.2, 0) is 24.3 Å². The third-order valence-electron chi connectivity index (χ3n) is 6.52. The van der Waals surface area contributed by atoms with Crippen LogP contribution in [-0.4, -0.2) is 45.8 Å². The summed E-state index contributed by atoms with van der Waals surface area (Å²) in [6.07, 6.45) is 4.76. The van der Waals surface area contributed by atoms with Crippen LogP contribution in [0.5, 0.6) is 0 Å². The Bertz CT molecular complexity index is 1150. The second-order valence-electron chi connectivity index (χ2n) is 10.0. The predicted molar refractivity (Wildman–Crippen MR) is 152 cm³/mol. The van der Waals surface area contributed by atoms with Gasteiger partial charge >= 0.3 is 0 Å². The van der Waals surface area contributed by atoms with Crippen LogP contribution in [0.1, 0.15) is 67.7 Å². The molecule has 2 aromatic carbocycles. The van der Waals surface area contributed by atoms with Crippen molar-refractivity contribution >= 4 is 23.4 Å². The molecule has 0 bridgehead atoms. The molecule has 0 fully saturated rings. The van der Waals surface area contributed by atoms with Gasteiger partial charge in [0.25, 0.3) is 5.91 Å². The summed E-state index contributed by atoms with van der Waals surface area (Å²) in [5.41, 5.74) is 3.89. The fraction of sp³-hybridized carbons (Fsp3) is 0.419. The Balaban J connectivity index is 1.77. The van der Waals surface area contributed by atoms with Crippen molar-refractivity contribution in [1.29, 1.82) is 0 Å². The van der Waals surface area contributed by atoms with E-state index in [0.717, 1.165) is 35.5 Å². The average molecular weight is 522 g/mol. The van der Waals surface area contributed by atoms with E-state index in [1.165, 1.54) is 5.56 Å². The molecule has 1 heterocycles. The summed E-state index contributed by atoms with van der Waals surface area (Å²) in [7, 11) is 0. The Labute approximate surface area is 227 Å². The molecule has 3 aromatic rings. The van der Waals surface area contributed by atoms with Crippen molar-refractivity contribution in [3.8, 4) is 0 Å². The van der Waals surface area contributed by atoms with Crippen molar-refractivity contribution < 1.29 is 9.59 Å². The van der Waals surface area contributed by atoms with Crippen LogP contribution in [0.15, 0.2) is 66.9 Å². The molecule has 6 heteroatoms. The molecule has 3 rings (SSSR count). The number of unbranched alkanes of at least 4 members (excludes halogenated alkanes) is 1. The van der Waals surface area contributed by atoms with E-state index in [9.17, 15) is 9.59 Å². The fourth-order valence-electron chi connectivity index (χ4n) is 4.38. The van der Waals surface area contributed by atoms with Gasteiger partial charge in [0.2, 0.25) is 5.91 Å². The second-order valence-corrected chi connectivity index (χ2v) is 10.4. The van der Waals surface area contributed by atoms with Gasteiger partial charge < -0.3 is 14.4 Å². The number of amides is 2. The summed E-state index contributed by atoms with van der Waals surface area (Å²) < 4.78 is 2.14. The van der Waals surface area contributed by atoms with Gasteiger partial charge in [-0.2, -0.15) is 0 Å². The van der Waals surface area contributed by atoms with Crippen molar-refractivity contribution in [3.05, 3.63) is 94.3 Å². The van der Waals surface area contributed by atoms with Crippen LogP contribution in [0.3, 0.4) is 0 Å². The predicted octanol–water partition coefficient (Wildman–Crippen LogP) is 6.68. The second kappa shape index (κ2) is 14.0. The first-order valence-corrected chi connectivity index (χ1v) is 13.7. The maximum Gasteiger partial charge on any atom is 0.254 e. The van der Waals surface area contributed by atoms with Gasteiger partial charge in [0.1, 0.15) is 6.54 Å². The smallest absolute Gasteiger partial charge is 0.254 e. The number of halogens is 1. The topological polar surface area (TPSA) is 45.6 Å². The molecule has 0 saturated heterocycles. The zero-order valence-corrected chi connectivity index (χ0v) is 23.4. The molecule has 0 aliphatic rings. The summed E-state index contributed by atoms with van der Waals surface area (Å²) in [5.74, 6) is 0.183. The molecule has 0 spiro atoms. The lowest BCUT2D eigenvalue weighted by atomic mass is 10.1. The SMILES string of the molecule is CCCCN(CC(=O)N(Cc1cccn1Cc1ccccc1Cl)CC(C)C)C(=O)c1ccc(CC)cc1. The van der Waals surface area contributed by atoms with Crippen molar-refractivity contribution in [2.45, 2.75) is 60.0 Å². The number of hydrogen-bond donors (Lipinski definition) is 0. The van der Waals surface area contributed by atoms with Crippen LogP contribution in [0.4, 0.5) is 0 Å². The first-order valence-electron chi connectivity index (χ1n) is 13.4. The first-order chi connectivity index (χ1) is 17.8. The summed E-state index contributed by atoms with van der Waals surface area (Å²) in [4.78, 5) is 30.6. The van der Waals surface area contributed by atoms with Crippen molar-refractivity contribution in [1.82, 2.24) is 14.4 Å². The van der Waals surface area contributed by atoms with Gasteiger partial charge in [0, 0.05) is 42.1 Å². The highest BCUT2D eigenvalue weighted by Gasteiger charge is 2.23. The van der Waals surface area contributed by atoms with Gasteiger partial charge in [0.05, 0.1) is 6.54 Å². The number of carbonyl (C=O) groups is 2. The van der Waals surface area contributed by atoms with Crippen LogP contribution >= 0.6 is 11.6 Å². The summed E-state index contributed by atoms with van der Waals surface area (Å²) in [6, 6.07) is 19.6. The van der Waals surface area contributed by atoms with Gasteiger partial charge in [-0.15, -0.1) is 0 Å². The molecule has 1 aromatic heterocycles. The van der Waals surface area contributed by atoms with E-state index in [0.29, 0.717) is 37.7 Å². The van der Waals surface area contributed by atoms with Gasteiger partial charge in [-0.3, -0.25) is 9.59 Å². The molecular formula is C31H40ClN3O2. The van der Waals surface area contributed by atoms with Crippen LogP contribution < -0.4 is 0 Å². The molecule has 37 heavy (non-hydrogen) atoms. The van der Waals surface area contributed by atoms with Crippen LogP contribution in [0.25, 0.3) is 0 Å². The number of hydrogen-bond acceptors (Lipinski definition) is 2. The largest absolute Gasteiger partial charge is 0.345 e. The van der Waals surface area contributed by atoms with Crippen LogP contribution in [0.2, 0.25) is 5.02 Å². The minimum atomic E-state index is -0.0870. The number of rotatable bonds is 13. The van der Waals surface area contributed by atoms with E-state index in [4.69, 9.17) is 11.6 Å². The Morgan fingerprint density at radius 2 is 1.68 bits per heavy atom. The Kier molecular flexibility index (Phi) is 10.8. The third-order valence-corrected chi connectivity index (χ3v) is 6.89. The Hall–Kier alpha value is -3.05. The quantitative estimate of drug-likeness (QED) is 0.252. The maximum atomic E-state index is 13.6. The zero-order valence-electron chi connectivity index (χ0n) is 22.6. The van der Waals surface area contributed by atoms with E-state index in [1.54, 1.807) is 4.90 Å². The molecule has 0 unspecified atom stereocenters. The molecule has 5 nitrogen and oxygen atoms in total. The van der Waals surface area contributed by atoms with E-state index < -0.39 is 0 Å². The normalized spacial score (nSPS) is 11.1. The lowest BCUT2D eigenvalue weighted by Crippen LogP contribution is -2.44. The lowest BCUT2D eigenvalue weighted by Gasteiger charge is -2.29. The number of benzene rings is 2. The number of nitrogens with zero attached hydrogens (tertiary/aromatic N) is 3. The maximum absolute atomic E-state index is 13.6. The summed E-state index contributed by atoms with van der Waals surface area (Å²) in [6.45, 7) is 10.8. The number of aryl methyl sites for hydroxylation is 1. The molecule has 198 valence electrons. The number of carbonyl (C=O) groups excluding carboxylic acids is 2. The monoisotopic (exact) mass is 521 g/mol. The standard InChI is InChI=1S/C31H40ClN3O2/c1-5-7-18-34(31(37)26-16-14-25(6-2)15-17-26)23-30(36)35(20-24(3)4)22-28-12-10-19-33(28)21-27-11-8-9-13-29(27)32/h8-17,19,24H,5-7,18,20-23H2,1-4H3. The minimum absolute atomic E-state index is 0.0335. The molecular weight excluding hydrogens is 482 g/mol. The van der Waals surface area contributed by atoms with Crippen LogP contribution in [0, 0.1) is 5.92 Å². The first kappa shape index (κ1) is 28.5. The molecule has 0 atom stereocenters. The summed E-state index contributed by atoms with van der Waals surface area (Å²) in [5, 5.41) is 0.731. The number of aromatic nitrogens is 1. The highest BCUT2D eigenvalue weighted by Crippen LogP contribution is 2.19. The Morgan fingerprint density at radius 3 is 2.32 bits per heavy atom. The van der Waals surface area contributed by atoms with Gasteiger partial charge in [-0.1, -0.05) is 76.0 Å². The van der Waals surface area contributed by atoms with E-state index in [2.05, 4.69) is 32.3 Å². The highest BCUT2D eigenvalue weighted by atomic mass is 35.5. The van der Waals surface area contributed by atoms with Gasteiger partial charge in [-0.25, -0.2) is 0 Å². The van der Waals surface area contributed by atoms with Gasteiger partial charge in [0.15, 0.2) is 0 Å². The van der Waals surface area contributed by atoms with Crippen molar-refractivity contribution in [2.24, 2.45) is 5.92 Å². The van der Waals surface area contributed by atoms with E-state index in [-0.39, 0.29) is 18.4 Å². The van der Waals surface area contributed by atoms with E-state index >= 15 is 0 Å². The van der Waals surface area contributed by atoms with E-state index in [1.807, 2.05) is 71.8 Å². The average Bonchev–Trinajstić information content (AvgIpc) is 3.33. The Morgan fingerprint density at radius 1 is 0.946 bits per heavy atom. The molecule has 0 aliphatic carbocycles. The third kappa shape index (κ3) is 8.22. The lowest BCUT2D eigenvalue weighted by molar-refractivity contribution is -0.133. The van der Waals surface area contributed by atoms with Gasteiger partial charge in [-0.05, 0) is 60.2 Å². The fourth-order valence-corrected chi connectivity index (χ4v) is 4.57. The minimum Gasteiger partial charge on any atom is -0.345 e. The van der Waals surface area contributed by atoms with Crippen molar-refractivity contribution in [3.63, 3.8) is 0 Å². The molecule has 0 saturated carbocycles. The molecule has 0 radical (unpaired) electrons. The molecule has 0 aliphatic heterocycles. The zero-order chi connectivity index (χ0) is 26.8. The molecule has 0 N–H and O–H groups in total. The molecule has 2 amide bonds.